The van der Waals surface area contributed by atoms with Gasteiger partial charge in [0.15, 0.2) is 0 Å². The average Bonchev–Trinajstić information content (AvgIpc) is 2.81. The number of nitrogens with zero attached hydrogens (tertiary/aromatic N) is 1. The molecule has 5 nitrogen and oxygen atoms in total. The number of hydrogen-bond acceptors (Lipinski definition) is 2. The lowest BCUT2D eigenvalue weighted by Gasteiger charge is -1.99. The van der Waals surface area contributed by atoms with Gasteiger partial charge in [-0.1, -0.05) is 12.1 Å². The molecule has 2 heterocycles. The zero-order valence-electron chi connectivity index (χ0n) is 9.06. The lowest BCUT2D eigenvalue weighted by molar-refractivity contribution is 0.0691. The monoisotopic (exact) mass is 230 g/mol. The van der Waals surface area contributed by atoms with Gasteiger partial charge in [-0.05, 0) is 12.1 Å². The van der Waals surface area contributed by atoms with Crippen molar-refractivity contribution in [2.24, 2.45) is 7.05 Å². The molecule has 0 aliphatic carbocycles. The number of para-hydroxylation sites is 1. The van der Waals surface area contributed by atoms with E-state index in [0.29, 0.717) is 11.2 Å². The van der Waals surface area contributed by atoms with Gasteiger partial charge in [-0.15, -0.1) is 0 Å². The van der Waals surface area contributed by atoms with Gasteiger partial charge in [-0.25, -0.2) is 4.79 Å². The Bertz CT molecular complexity index is 752. The van der Waals surface area contributed by atoms with Crippen LogP contribution in [0.4, 0.5) is 0 Å². The van der Waals surface area contributed by atoms with Gasteiger partial charge in [0.2, 0.25) is 0 Å². The molecule has 0 saturated heterocycles. The summed E-state index contributed by atoms with van der Waals surface area (Å²) in [6.45, 7) is 0. The van der Waals surface area contributed by atoms with Gasteiger partial charge in [0.1, 0.15) is 17.1 Å². The van der Waals surface area contributed by atoms with Crippen LogP contribution in [0.15, 0.2) is 24.3 Å². The molecule has 0 aliphatic rings. The van der Waals surface area contributed by atoms with E-state index in [4.69, 9.17) is 5.11 Å². The van der Waals surface area contributed by atoms with Crippen LogP contribution in [0.5, 0.6) is 5.75 Å². The number of benzene rings is 1. The van der Waals surface area contributed by atoms with E-state index >= 15 is 0 Å². The van der Waals surface area contributed by atoms with E-state index in [1.807, 2.05) is 6.07 Å². The third kappa shape index (κ3) is 1.16. The van der Waals surface area contributed by atoms with Crippen molar-refractivity contribution in [3.8, 4) is 5.75 Å². The number of aromatic hydroxyl groups is 1. The van der Waals surface area contributed by atoms with Crippen molar-refractivity contribution in [1.29, 1.82) is 0 Å². The van der Waals surface area contributed by atoms with Crippen LogP contribution in [0.1, 0.15) is 10.5 Å². The van der Waals surface area contributed by atoms with E-state index in [9.17, 15) is 9.90 Å². The number of phenols is 1. The summed E-state index contributed by atoms with van der Waals surface area (Å²) >= 11 is 0. The van der Waals surface area contributed by atoms with E-state index in [1.165, 1.54) is 0 Å². The molecule has 86 valence electrons. The minimum Gasteiger partial charge on any atom is -0.506 e. The maximum Gasteiger partial charge on any atom is 0.352 e. The third-order valence-corrected chi connectivity index (χ3v) is 3.00. The van der Waals surface area contributed by atoms with Crippen LogP contribution >= 0.6 is 0 Å². The fraction of sp³-hybridized carbons (Fsp3) is 0.0833. The molecule has 0 radical (unpaired) electrons. The van der Waals surface area contributed by atoms with Crippen molar-refractivity contribution in [1.82, 2.24) is 9.55 Å². The largest absolute Gasteiger partial charge is 0.506 e. The summed E-state index contributed by atoms with van der Waals surface area (Å²) in [6.07, 6.45) is 0. The molecule has 0 atom stereocenters. The van der Waals surface area contributed by atoms with E-state index < -0.39 is 5.97 Å². The second-order valence-electron chi connectivity index (χ2n) is 3.98. The number of aryl methyl sites for hydroxylation is 1. The molecular formula is C12H10N2O3. The fourth-order valence-electron chi connectivity index (χ4n) is 2.24. The third-order valence-electron chi connectivity index (χ3n) is 3.00. The summed E-state index contributed by atoms with van der Waals surface area (Å²) in [7, 11) is 1.78. The number of carboxylic acids is 1. The molecule has 0 aliphatic heterocycles. The number of rotatable bonds is 1. The first-order valence-corrected chi connectivity index (χ1v) is 5.12. The number of aromatic carboxylic acids is 1. The summed E-state index contributed by atoms with van der Waals surface area (Å²) in [6, 6.07) is 6.79. The van der Waals surface area contributed by atoms with Crippen LogP contribution in [-0.2, 0) is 7.05 Å². The van der Waals surface area contributed by atoms with E-state index in [1.54, 1.807) is 29.8 Å². The quantitative estimate of drug-likeness (QED) is 0.598. The zero-order valence-corrected chi connectivity index (χ0v) is 9.06. The Kier molecular flexibility index (Phi) is 1.75. The second-order valence-corrected chi connectivity index (χ2v) is 3.98. The van der Waals surface area contributed by atoms with Crippen LogP contribution < -0.4 is 0 Å². The Morgan fingerprint density at radius 2 is 2.12 bits per heavy atom. The molecule has 0 fully saturated rings. The highest BCUT2D eigenvalue weighted by Gasteiger charge is 2.16. The van der Waals surface area contributed by atoms with Crippen LogP contribution in [0, 0.1) is 0 Å². The van der Waals surface area contributed by atoms with Gasteiger partial charge < -0.3 is 19.8 Å². The topological polar surface area (TPSA) is 78.2 Å². The highest BCUT2D eigenvalue weighted by atomic mass is 16.4. The number of carboxylic acid groups (broad SMARTS) is 1. The summed E-state index contributed by atoms with van der Waals surface area (Å²) in [5.41, 5.74) is 1.54. The van der Waals surface area contributed by atoms with Crippen LogP contribution in [-0.4, -0.2) is 25.7 Å². The van der Waals surface area contributed by atoms with Gasteiger partial charge in [0, 0.05) is 17.8 Å². The number of H-pyrrole nitrogens is 1. The predicted octanol–water partition coefficient (Wildman–Crippen LogP) is 2.06. The first-order chi connectivity index (χ1) is 8.09. The van der Waals surface area contributed by atoms with Crippen molar-refractivity contribution >= 4 is 27.9 Å². The van der Waals surface area contributed by atoms with Gasteiger partial charge >= 0.3 is 5.97 Å². The Labute approximate surface area is 95.9 Å². The molecule has 0 amide bonds. The smallest absolute Gasteiger partial charge is 0.352 e. The molecule has 2 aromatic heterocycles. The Morgan fingerprint density at radius 1 is 1.35 bits per heavy atom. The maximum absolute atomic E-state index is 10.9. The van der Waals surface area contributed by atoms with Crippen LogP contribution in [0.3, 0.4) is 0 Å². The molecule has 0 saturated carbocycles. The Balaban J connectivity index is 2.51. The number of aromatic amines is 1. The summed E-state index contributed by atoms with van der Waals surface area (Å²) in [5.74, 6) is -0.805. The predicted molar refractivity (Wildman–Crippen MR) is 63.4 cm³/mol. The molecule has 3 rings (SSSR count). The maximum atomic E-state index is 10.9. The van der Waals surface area contributed by atoms with Crippen molar-refractivity contribution in [3.63, 3.8) is 0 Å². The molecule has 3 aromatic rings. The minimum atomic E-state index is -0.991. The number of nitrogens with one attached hydrogen (secondary N) is 1. The molecule has 5 heteroatoms. The first-order valence-electron chi connectivity index (χ1n) is 5.12. The Morgan fingerprint density at radius 3 is 2.82 bits per heavy atom. The van der Waals surface area contributed by atoms with Gasteiger partial charge in [-0.2, -0.15) is 0 Å². The molecule has 0 unspecified atom stereocenters. The van der Waals surface area contributed by atoms with Crippen LogP contribution in [0.2, 0.25) is 0 Å². The van der Waals surface area contributed by atoms with Crippen LogP contribution in [0.25, 0.3) is 21.9 Å². The van der Waals surface area contributed by atoms with Crippen molar-refractivity contribution in [3.05, 3.63) is 30.0 Å². The van der Waals surface area contributed by atoms with Crippen molar-refractivity contribution in [2.75, 3.05) is 0 Å². The Hall–Kier alpha value is -2.43. The zero-order chi connectivity index (χ0) is 12.2. The number of carbonyl (C=O) groups is 1. The number of fused-ring (bicyclic) bond motifs is 3. The van der Waals surface area contributed by atoms with Gasteiger partial charge in [0.25, 0.3) is 0 Å². The fourth-order valence-corrected chi connectivity index (χ4v) is 2.24. The van der Waals surface area contributed by atoms with E-state index in [2.05, 4.69) is 4.98 Å². The van der Waals surface area contributed by atoms with Crippen molar-refractivity contribution < 1.29 is 15.0 Å². The number of hydrogen-bond donors (Lipinski definition) is 3. The minimum absolute atomic E-state index is 0.149. The molecular weight excluding hydrogens is 220 g/mol. The standard InChI is InChI=1S/C12H10N2O3/c1-14-10-6(3-2-4-9(10)15)7-5-8(12(16)17)13-11(7)14/h2-5,13,15H,1H3,(H,16,17). The van der Waals surface area contributed by atoms with Crippen molar-refractivity contribution in [2.45, 2.75) is 0 Å². The average molecular weight is 230 g/mol. The highest BCUT2D eigenvalue weighted by Crippen LogP contribution is 2.33. The summed E-state index contributed by atoms with van der Waals surface area (Å²) in [5, 5.41) is 20.4. The first kappa shape index (κ1) is 9.77. The molecule has 3 N–H and O–H groups in total. The summed E-state index contributed by atoms with van der Waals surface area (Å²) in [4.78, 5) is 13.7. The van der Waals surface area contributed by atoms with E-state index in [-0.39, 0.29) is 11.4 Å². The molecule has 17 heavy (non-hydrogen) atoms. The summed E-state index contributed by atoms with van der Waals surface area (Å²) < 4.78 is 1.76. The molecule has 1 aromatic carbocycles. The number of aromatic nitrogens is 2. The normalized spacial score (nSPS) is 11.4. The second kappa shape index (κ2) is 3.04. The van der Waals surface area contributed by atoms with Gasteiger partial charge in [0.05, 0.1) is 5.52 Å². The lowest BCUT2D eigenvalue weighted by Crippen LogP contribution is -1.97. The molecule has 0 bridgehead atoms. The van der Waals surface area contributed by atoms with E-state index in [0.717, 1.165) is 10.8 Å². The highest BCUT2D eigenvalue weighted by molar-refractivity contribution is 6.11. The van der Waals surface area contributed by atoms with Gasteiger partial charge in [-0.3, -0.25) is 0 Å². The lowest BCUT2D eigenvalue weighted by atomic mass is 10.2. The number of phenolic OH excluding ortho intramolecular Hbond substituents is 1. The SMILES string of the molecule is Cn1c2[nH]c(C(=O)O)cc2c2cccc(O)c21. The molecule has 0 spiro atoms.